The van der Waals surface area contributed by atoms with E-state index >= 15 is 0 Å². The van der Waals surface area contributed by atoms with Gasteiger partial charge in [0.1, 0.15) is 0 Å². The van der Waals surface area contributed by atoms with Gasteiger partial charge in [0.2, 0.25) is 5.91 Å². The summed E-state index contributed by atoms with van der Waals surface area (Å²) in [5.74, 6) is 0.0917. The lowest BCUT2D eigenvalue weighted by Gasteiger charge is -2.41. The first-order valence-corrected chi connectivity index (χ1v) is 10.1. The van der Waals surface area contributed by atoms with E-state index in [2.05, 4.69) is 22.1 Å². The van der Waals surface area contributed by atoms with E-state index in [1.807, 2.05) is 12.1 Å². The second-order valence-corrected chi connectivity index (χ2v) is 8.05. The van der Waals surface area contributed by atoms with Gasteiger partial charge in [-0.25, -0.2) is 4.79 Å². The van der Waals surface area contributed by atoms with Crippen molar-refractivity contribution in [3.05, 3.63) is 24.0 Å². The number of carboxylic acid groups (broad SMARTS) is 1. The molecule has 1 unspecified atom stereocenters. The Balaban J connectivity index is 1.47. The van der Waals surface area contributed by atoms with Gasteiger partial charge in [-0.3, -0.25) is 14.7 Å². The Morgan fingerprint density at radius 1 is 1.37 bits per heavy atom. The van der Waals surface area contributed by atoms with Crippen LogP contribution in [0, 0.1) is 0 Å². The molecule has 1 atom stereocenters. The van der Waals surface area contributed by atoms with Crippen LogP contribution in [0.4, 0.5) is 10.5 Å². The molecule has 146 valence electrons. The van der Waals surface area contributed by atoms with Crippen molar-refractivity contribution in [3.63, 3.8) is 0 Å². The largest absolute Gasteiger partial charge is 0.465 e. The number of nitrogens with zero attached hydrogens (tertiary/aromatic N) is 3. The molecule has 7 heteroatoms. The fourth-order valence-electron chi connectivity index (χ4n) is 5.18. The molecule has 3 aliphatic rings. The SMILES string of the molecule is CCC1CN(C2CCC3(CC2)C(=O)Nc2cccnc23)CCCN1C(=O)O. The lowest BCUT2D eigenvalue weighted by molar-refractivity contribution is -0.122. The van der Waals surface area contributed by atoms with Crippen molar-refractivity contribution in [2.24, 2.45) is 0 Å². The standard InChI is InChI=1S/C20H28N4O3/c1-2-14-13-23(11-4-12-24(14)19(26)27)15-6-8-20(9-7-15)17-16(22-18(20)25)5-3-10-21-17/h3,5,10,14-15H,2,4,6-9,11-13H2,1H3,(H,22,25)(H,26,27). The van der Waals surface area contributed by atoms with Crippen LogP contribution < -0.4 is 5.32 Å². The lowest BCUT2D eigenvalue weighted by Crippen LogP contribution is -2.49. The highest BCUT2D eigenvalue weighted by molar-refractivity contribution is 6.05. The maximum absolute atomic E-state index is 12.7. The van der Waals surface area contributed by atoms with Crippen LogP contribution >= 0.6 is 0 Å². The van der Waals surface area contributed by atoms with Gasteiger partial charge >= 0.3 is 6.09 Å². The molecule has 1 saturated carbocycles. The van der Waals surface area contributed by atoms with E-state index in [9.17, 15) is 14.7 Å². The molecule has 1 saturated heterocycles. The number of hydrogen-bond donors (Lipinski definition) is 2. The zero-order chi connectivity index (χ0) is 19.0. The van der Waals surface area contributed by atoms with Gasteiger partial charge < -0.3 is 15.3 Å². The van der Waals surface area contributed by atoms with E-state index in [4.69, 9.17) is 0 Å². The van der Waals surface area contributed by atoms with E-state index in [1.165, 1.54) is 0 Å². The molecular weight excluding hydrogens is 344 g/mol. The average Bonchev–Trinajstić information content (AvgIpc) is 2.84. The molecule has 4 rings (SSSR count). The highest BCUT2D eigenvalue weighted by Gasteiger charge is 2.50. The number of aromatic nitrogens is 1. The molecule has 0 aromatic carbocycles. The molecule has 1 aromatic rings. The first kappa shape index (κ1) is 18.2. The minimum absolute atomic E-state index is 0.0538. The second-order valence-electron chi connectivity index (χ2n) is 8.05. The van der Waals surface area contributed by atoms with Crippen molar-refractivity contribution in [3.8, 4) is 0 Å². The topological polar surface area (TPSA) is 85.8 Å². The minimum Gasteiger partial charge on any atom is -0.465 e. The van der Waals surface area contributed by atoms with E-state index in [-0.39, 0.29) is 11.9 Å². The molecule has 3 heterocycles. The number of nitrogens with one attached hydrogen (secondary N) is 1. The van der Waals surface area contributed by atoms with Gasteiger partial charge in [0.25, 0.3) is 0 Å². The summed E-state index contributed by atoms with van der Waals surface area (Å²) in [5.41, 5.74) is 1.29. The molecule has 0 bridgehead atoms. The van der Waals surface area contributed by atoms with E-state index in [1.54, 1.807) is 11.1 Å². The number of amides is 2. The third-order valence-electron chi connectivity index (χ3n) is 6.72. The highest BCUT2D eigenvalue weighted by Crippen LogP contribution is 2.47. The van der Waals surface area contributed by atoms with Gasteiger partial charge in [-0.1, -0.05) is 6.92 Å². The van der Waals surface area contributed by atoms with Crippen molar-refractivity contribution in [1.82, 2.24) is 14.8 Å². The second kappa shape index (κ2) is 7.11. The maximum atomic E-state index is 12.7. The van der Waals surface area contributed by atoms with E-state index < -0.39 is 11.5 Å². The predicted molar refractivity (Wildman–Crippen MR) is 102 cm³/mol. The summed E-state index contributed by atoms with van der Waals surface area (Å²) >= 11 is 0. The molecule has 0 radical (unpaired) electrons. The molecule has 1 aromatic heterocycles. The quantitative estimate of drug-likeness (QED) is 0.834. The number of fused-ring (bicyclic) bond motifs is 2. The molecule has 7 nitrogen and oxygen atoms in total. The zero-order valence-corrected chi connectivity index (χ0v) is 15.9. The van der Waals surface area contributed by atoms with Crippen molar-refractivity contribution < 1.29 is 14.7 Å². The van der Waals surface area contributed by atoms with Crippen molar-refractivity contribution >= 4 is 17.7 Å². The van der Waals surface area contributed by atoms with Crippen LogP contribution in [0.25, 0.3) is 0 Å². The number of hydrogen-bond acceptors (Lipinski definition) is 4. The minimum atomic E-state index is -0.809. The number of anilines is 1. The Labute approximate surface area is 159 Å². The normalized spacial score (nSPS) is 31.4. The third kappa shape index (κ3) is 3.08. The number of rotatable bonds is 2. The summed E-state index contributed by atoms with van der Waals surface area (Å²) in [6.07, 6.45) is 6.19. The summed E-state index contributed by atoms with van der Waals surface area (Å²) in [7, 11) is 0. The molecule has 1 aliphatic carbocycles. The average molecular weight is 372 g/mol. The third-order valence-corrected chi connectivity index (χ3v) is 6.72. The highest BCUT2D eigenvalue weighted by atomic mass is 16.4. The summed E-state index contributed by atoms with van der Waals surface area (Å²) in [6.45, 7) is 4.40. The van der Waals surface area contributed by atoms with Crippen LogP contribution in [0.2, 0.25) is 0 Å². The summed E-state index contributed by atoms with van der Waals surface area (Å²) < 4.78 is 0. The Morgan fingerprint density at radius 3 is 2.85 bits per heavy atom. The van der Waals surface area contributed by atoms with Gasteiger partial charge in [-0.05, 0) is 50.7 Å². The monoisotopic (exact) mass is 372 g/mol. The van der Waals surface area contributed by atoms with Crippen molar-refractivity contribution in [2.45, 2.75) is 62.9 Å². The molecule has 2 fully saturated rings. The molecular formula is C20H28N4O3. The van der Waals surface area contributed by atoms with Gasteiger partial charge in [0.15, 0.2) is 0 Å². The van der Waals surface area contributed by atoms with E-state index in [0.29, 0.717) is 12.6 Å². The van der Waals surface area contributed by atoms with Crippen LogP contribution in [0.5, 0.6) is 0 Å². The summed E-state index contributed by atoms with van der Waals surface area (Å²) in [5, 5.41) is 12.5. The number of pyridine rings is 1. The smallest absolute Gasteiger partial charge is 0.407 e. The predicted octanol–water partition coefficient (Wildman–Crippen LogP) is 2.68. The van der Waals surface area contributed by atoms with Crippen LogP contribution in [0.3, 0.4) is 0 Å². The van der Waals surface area contributed by atoms with E-state index in [0.717, 1.165) is 63.0 Å². The van der Waals surface area contributed by atoms with Gasteiger partial charge in [-0.15, -0.1) is 0 Å². The molecule has 27 heavy (non-hydrogen) atoms. The fraction of sp³-hybridized carbons (Fsp3) is 0.650. The van der Waals surface area contributed by atoms with Gasteiger partial charge in [-0.2, -0.15) is 0 Å². The maximum Gasteiger partial charge on any atom is 0.407 e. The summed E-state index contributed by atoms with van der Waals surface area (Å²) in [6, 6.07) is 4.26. The van der Waals surface area contributed by atoms with Gasteiger partial charge in [0.05, 0.1) is 16.8 Å². The lowest BCUT2D eigenvalue weighted by atomic mass is 9.70. The van der Waals surface area contributed by atoms with Crippen LogP contribution in [0.15, 0.2) is 18.3 Å². The first-order chi connectivity index (χ1) is 13.0. The van der Waals surface area contributed by atoms with Crippen molar-refractivity contribution in [2.75, 3.05) is 25.0 Å². The number of carbonyl (C=O) groups is 2. The van der Waals surface area contributed by atoms with Crippen LogP contribution in [0.1, 0.15) is 51.1 Å². The molecule has 1 spiro atoms. The number of carbonyl (C=O) groups excluding carboxylic acids is 1. The Kier molecular flexibility index (Phi) is 4.80. The van der Waals surface area contributed by atoms with Crippen LogP contribution in [-0.4, -0.2) is 63.6 Å². The summed E-state index contributed by atoms with van der Waals surface area (Å²) in [4.78, 5) is 32.9. The van der Waals surface area contributed by atoms with Gasteiger partial charge in [0, 0.05) is 37.9 Å². The van der Waals surface area contributed by atoms with Crippen molar-refractivity contribution in [1.29, 1.82) is 0 Å². The first-order valence-electron chi connectivity index (χ1n) is 10.1. The van der Waals surface area contributed by atoms with Crippen LogP contribution in [-0.2, 0) is 10.2 Å². The zero-order valence-electron chi connectivity index (χ0n) is 15.9. The fourth-order valence-corrected chi connectivity index (χ4v) is 5.18. The molecule has 2 N–H and O–H groups in total. The Morgan fingerprint density at radius 2 is 2.15 bits per heavy atom. The Bertz CT molecular complexity index is 730. The Hall–Kier alpha value is -2.15. The molecule has 2 amide bonds. The molecule has 2 aliphatic heterocycles.